The van der Waals surface area contributed by atoms with E-state index in [1.165, 1.54) is 0 Å². The number of aliphatic imine (C=N–C) groups is 1. The van der Waals surface area contributed by atoms with Gasteiger partial charge in [0.25, 0.3) is 0 Å². The molecule has 0 saturated heterocycles. The molecule has 0 fully saturated rings. The van der Waals surface area contributed by atoms with Gasteiger partial charge in [-0.1, -0.05) is 0 Å². The van der Waals surface area contributed by atoms with Gasteiger partial charge in [0.15, 0.2) is 5.96 Å². The van der Waals surface area contributed by atoms with E-state index in [1.54, 1.807) is 25.8 Å². The Kier molecular flexibility index (Phi) is 7.13. The average molecular weight is 400 g/mol. The van der Waals surface area contributed by atoms with Gasteiger partial charge in [0.1, 0.15) is 12.1 Å². The Morgan fingerprint density at radius 3 is 2.81 bits per heavy atom. The number of aromatic nitrogens is 3. The third-order valence-corrected chi connectivity index (χ3v) is 2.69. The fourth-order valence-electron chi connectivity index (χ4n) is 1.76. The third kappa shape index (κ3) is 5.33. The van der Waals surface area contributed by atoms with Crippen LogP contribution in [-0.2, 0) is 6.54 Å². The van der Waals surface area contributed by atoms with Gasteiger partial charge in [-0.2, -0.15) is 0 Å². The first-order valence-electron chi connectivity index (χ1n) is 6.59. The second-order valence-corrected chi connectivity index (χ2v) is 4.72. The summed E-state index contributed by atoms with van der Waals surface area (Å²) in [5, 5.41) is 6.53. The van der Waals surface area contributed by atoms with Gasteiger partial charge >= 0.3 is 0 Å². The number of imidazole rings is 1. The van der Waals surface area contributed by atoms with Crippen LogP contribution in [0.4, 0.5) is 0 Å². The van der Waals surface area contributed by atoms with Gasteiger partial charge in [0.2, 0.25) is 0 Å². The largest absolute Gasteiger partial charge is 0.354 e. The molecule has 0 aromatic carbocycles. The van der Waals surface area contributed by atoms with E-state index in [1.807, 2.05) is 22.9 Å². The molecule has 0 saturated carbocycles. The van der Waals surface area contributed by atoms with Crippen LogP contribution >= 0.6 is 24.0 Å². The fraction of sp³-hybridized carbons (Fsp3) is 0.357. The van der Waals surface area contributed by atoms with Crippen LogP contribution in [0.15, 0.2) is 42.0 Å². The molecule has 2 rings (SSSR count). The molecule has 6 nitrogen and oxygen atoms in total. The SMILES string of the molecule is CN=C(NCc1ccnc(-n2ccnc2)c1)NC(C)C.I. The molecule has 0 amide bonds. The van der Waals surface area contributed by atoms with Crippen LogP contribution < -0.4 is 10.6 Å². The van der Waals surface area contributed by atoms with E-state index in [4.69, 9.17) is 0 Å². The minimum Gasteiger partial charge on any atom is -0.354 e. The topological polar surface area (TPSA) is 67.1 Å². The monoisotopic (exact) mass is 400 g/mol. The summed E-state index contributed by atoms with van der Waals surface area (Å²) in [5.41, 5.74) is 1.13. The Morgan fingerprint density at radius 1 is 1.38 bits per heavy atom. The molecule has 7 heteroatoms. The van der Waals surface area contributed by atoms with Crippen molar-refractivity contribution in [2.24, 2.45) is 4.99 Å². The second kappa shape index (κ2) is 8.60. The van der Waals surface area contributed by atoms with Crippen molar-refractivity contribution >= 4 is 29.9 Å². The van der Waals surface area contributed by atoms with Gasteiger partial charge in [-0.3, -0.25) is 9.56 Å². The minimum absolute atomic E-state index is 0. The molecule has 2 N–H and O–H groups in total. The van der Waals surface area contributed by atoms with Crippen LogP contribution in [0.1, 0.15) is 19.4 Å². The first-order valence-corrected chi connectivity index (χ1v) is 6.59. The first-order chi connectivity index (χ1) is 9.69. The van der Waals surface area contributed by atoms with E-state index in [0.29, 0.717) is 12.6 Å². The van der Waals surface area contributed by atoms with E-state index >= 15 is 0 Å². The maximum atomic E-state index is 4.33. The standard InChI is InChI=1S/C14H20N6.HI/c1-11(2)19-14(15-3)18-9-12-4-5-17-13(8-12)20-7-6-16-10-20;/h4-8,10-11H,9H2,1-3H3,(H2,15,18,19);1H. The lowest BCUT2D eigenvalue weighted by atomic mass is 10.2. The molecule has 0 aliphatic carbocycles. The van der Waals surface area contributed by atoms with Crippen molar-refractivity contribution in [1.29, 1.82) is 0 Å². The van der Waals surface area contributed by atoms with Crippen molar-refractivity contribution in [3.05, 3.63) is 42.6 Å². The number of halogens is 1. The highest BCUT2D eigenvalue weighted by atomic mass is 127. The smallest absolute Gasteiger partial charge is 0.191 e. The number of pyridine rings is 1. The summed E-state index contributed by atoms with van der Waals surface area (Å²) in [6, 6.07) is 4.35. The van der Waals surface area contributed by atoms with Crippen molar-refractivity contribution in [3.63, 3.8) is 0 Å². The molecule has 0 bridgehead atoms. The lowest BCUT2D eigenvalue weighted by molar-refractivity contribution is 0.699. The molecule has 0 unspecified atom stereocenters. The van der Waals surface area contributed by atoms with E-state index in [-0.39, 0.29) is 24.0 Å². The number of hydrogen-bond donors (Lipinski definition) is 2. The molecule has 2 heterocycles. The van der Waals surface area contributed by atoms with Crippen LogP contribution in [0.3, 0.4) is 0 Å². The summed E-state index contributed by atoms with van der Waals surface area (Å²) in [4.78, 5) is 12.5. The minimum atomic E-state index is 0. The summed E-state index contributed by atoms with van der Waals surface area (Å²) in [6.07, 6.45) is 7.14. The average Bonchev–Trinajstić information content (AvgIpc) is 2.97. The van der Waals surface area contributed by atoms with Crippen LogP contribution in [0, 0.1) is 0 Å². The van der Waals surface area contributed by atoms with Gasteiger partial charge in [0.05, 0.1) is 0 Å². The van der Waals surface area contributed by atoms with Crippen molar-refractivity contribution < 1.29 is 0 Å². The van der Waals surface area contributed by atoms with Gasteiger partial charge in [-0.15, -0.1) is 24.0 Å². The maximum Gasteiger partial charge on any atom is 0.191 e. The van der Waals surface area contributed by atoms with E-state index in [9.17, 15) is 0 Å². The predicted molar refractivity (Wildman–Crippen MR) is 95.2 cm³/mol. The van der Waals surface area contributed by atoms with Crippen molar-refractivity contribution in [1.82, 2.24) is 25.2 Å². The highest BCUT2D eigenvalue weighted by molar-refractivity contribution is 14.0. The third-order valence-electron chi connectivity index (χ3n) is 2.69. The van der Waals surface area contributed by atoms with Crippen molar-refractivity contribution in [2.75, 3.05) is 7.05 Å². The molecule has 114 valence electrons. The lowest BCUT2D eigenvalue weighted by Crippen LogP contribution is -2.40. The number of nitrogens with one attached hydrogen (secondary N) is 2. The molecule has 2 aromatic rings. The zero-order valence-electron chi connectivity index (χ0n) is 12.4. The Labute approximate surface area is 142 Å². The molecule has 0 atom stereocenters. The number of guanidine groups is 1. The molecule has 0 radical (unpaired) electrons. The quantitative estimate of drug-likeness (QED) is 0.468. The summed E-state index contributed by atoms with van der Waals surface area (Å²) in [5.74, 6) is 1.65. The van der Waals surface area contributed by atoms with Crippen LogP contribution in [0.25, 0.3) is 5.82 Å². The normalized spacial score (nSPS) is 11.1. The Hall–Kier alpha value is -1.64. The van der Waals surface area contributed by atoms with E-state index < -0.39 is 0 Å². The van der Waals surface area contributed by atoms with E-state index in [2.05, 4.69) is 39.4 Å². The molecule has 0 spiro atoms. The molecule has 2 aromatic heterocycles. The van der Waals surface area contributed by atoms with Gasteiger partial charge in [-0.25, -0.2) is 9.97 Å². The van der Waals surface area contributed by atoms with Crippen molar-refractivity contribution in [2.45, 2.75) is 26.4 Å². The first kappa shape index (κ1) is 17.4. The summed E-state index contributed by atoms with van der Waals surface area (Å²) >= 11 is 0. The summed E-state index contributed by atoms with van der Waals surface area (Å²) < 4.78 is 1.88. The molecule has 21 heavy (non-hydrogen) atoms. The van der Waals surface area contributed by atoms with E-state index in [0.717, 1.165) is 17.3 Å². The van der Waals surface area contributed by atoms with Gasteiger partial charge in [-0.05, 0) is 31.5 Å². The number of hydrogen-bond acceptors (Lipinski definition) is 3. The lowest BCUT2D eigenvalue weighted by Gasteiger charge is -2.14. The second-order valence-electron chi connectivity index (χ2n) is 4.72. The van der Waals surface area contributed by atoms with Crippen LogP contribution in [-0.4, -0.2) is 33.6 Å². The summed E-state index contributed by atoms with van der Waals surface area (Å²) in [7, 11) is 1.77. The van der Waals surface area contributed by atoms with Gasteiger partial charge in [0, 0.05) is 38.2 Å². The predicted octanol–water partition coefficient (Wildman–Crippen LogP) is 1.96. The zero-order valence-corrected chi connectivity index (χ0v) is 14.8. The zero-order chi connectivity index (χ0) is 14.4. The molecular weight excluding hydrogens is 379 g/mol. The maximum absolute atomic E-state index is 4.33. The number of nitrogens with zero attached hydrogens (tertiary/aromatic N) is 4. The molecule has 0 aliphatic heterocycles. The molecule has 0 aliphatic rings. The Balaban J connectivity index is 0.00000220. The molecular formula is C14H21IN6. The Bertz CT molecular complexity index is 565. The fourth-order valence-corrected chi connectivity index (χ4v) is 1.76. The Morgan fingerprint density at radius 2 is 2.19 bits per heavy atom. The summed E-state index contributed by atoms with van der Waals surface area (Å²) in [6.45, 7) is 4.85. The van der Waals surface area contributed by atoms with Crippen LogP contribution in [0.2, 0.25) is 0 Å². The highest BCUT2D eigenvalue weighted by Gasteiger charge is 2.02. The van der Waals surface area contributed by atoms with Gasteiger partial charge < -0.3 is 10.6 Å². The van der Waals surface area contributed by atoms with Crippen LogP contribution in [0.5, 0.6) is 0 Å². The highest BCUT2D eigenvalue weighted by Crippen LogP contribution is 2.06. The number of rotatable bonds is 4. The van der Waals surface area contributed by atoms with Crippen molar-refractivity contribution in [3.8, 4) is 5.82 Å².